The van der Waals surface area contributed by atoms with Gasteiger partial charge in [-0.2, -0.15) is 0 Å². The Morgan fingerprint density at radius 1 is 1.07 bits per heavy atom. The quantitative estimate of drug-likeness (QED) is 0.546. The van der Waals surface area contributed by atoms with E-state index in [1.165, 1.54) is 5.56 Å². The van der Waals surface area contributed by atoms with E-state index in [0.29, 0.717) is 11.9 Å². The summed E-state index contributed by atoms with van der Waals surface area (Å²) in [6.45, 7) is 6.96. The first kappa shape index (κ1) is 19.2. The van der Waals surface area contributed by atoms with Crippen LogP contribution in [0.1, 0.15) is 42.1 Å². The SMILES string of the molecule is CC[C@H]([NH2+]Cc1ccco1)c1nc2ccccc2c(=O)n1-c1ccc(C)c(C)c1. The third kappa shape index (κ3) is 3.74. The van der Waals surface area contributed by atoms with Gasteiger partial charge in [0.2, 0.25) is 0 Å². The molecule has 0 unspecified atom stereocenters. The van der Waals surface area contributed by atoms with Crippen LogP contribution < -0.4 is 10.9 Å². The first-order chi connectivity index (χ1) is 14.1. The minimum atomic E-state index is -0.0290. The van der Waals surface area contributed by atoms with Crippen molar-refractivity contribution in [2.24, 2.45) is 0 Å². The summed E-state index contributed by atoms with van der Waals surface area (Å²) in [7, 11) is 0. The van der Waals surface area contributed by atoms with Gasteiger partial charge in [0, 0.05) is 6.42 Å². The van der Waals surface area contributed by atoms with Crippen LogP contribution in [0, 0.1) is 13.8 Å². The molecule has 29 heavy (non-hydrogen) atoms. The van der Waals surface area contributed by atoms with Crippen LogP contribution in [-0.2, 0) is 6.54 Å². The van der Waals surface area contributed by atoms with Crippen molar-refractivity contribution in [1.29, 1.82) is 0 Å². The maximum absolute atomic E-state index is 13.5. The number of benzene rings is 2. The lowest BCUT2D eigenvalue weighted by molar-refractivity contribution is -0.714. The van der Waals surface area contributed by atoms with Crippen molar-refractivity contribution in [2.75, 3.05) is 0 Å². The standard InChI is InChI=1S/C24H25N3O2/c1-4-21(25-15-19-8-7-13-29-19)23-26-22-10-6-5-9-20(22)24(28)27(23)18-12-11-16(2)17(3)14-18/h5-14,21,25H,4,15H2,1-3H3/p+1/t21-/m0/s1. The molecule has 1 atom stereocenters. The van der Waals surface area contributed by atoms with Crippen LogP contribution in [0.5, 0.6) is 0 Å². The third-order valence-electron chi connectivity index (χ3n) is 5.51. The van der Waals surface area contributed by atoms with Crippen molar-refractivity contribution in [3.8, 4) is 5.69 Å². The Balaban J connectivity index is 1.88. The molecule has 0 bridgehead atoms. The van der Waals surface area contributed by atoms with E-state index in [0.717, 1.165) is 34.8 Å². The number of para-hydroxylation sites is 1. The van der Waals surface area contributed by atoms with Crippen LogP contribution in [0.2, 0.25) is 0 Å². The average Bonchev–Trinajstić information content (AvgIpc) is 3.25. The van der Waals surface area contributed by atoms with Crippen molar-refractivity contribution >= 4 is 10.9 Å². The number of rotatable bonds is 6. The maximum atomic E-state index is 13.5. The van der Waals surface area contributed by atoms with Gasteiger partial charge < -0.3 is 9.73 Å². The van der Waals surface area contributed by atoms with Crippen molar-refractivity contribution in [2.45, 2.75) is 39.8 Å². The zero-order valence-electron chi connectivity index (χ0n) is 17.1. The highest BCUT2D eigenvalue weighted by molar-refractivity contribution is 5.77. The second-order valence-electron chi connectivity index (χ2n) is 7.43. The predicted octanol–water partition coefficient (Wildman–Crippen LogP) is 3.81. The first-order valence-corrected chi connectivity index (χ1v) is 10.0. The molecule has 0 amide bonds. The fraction of sp³-hybridized carbons (Fsp3) is 0.250. The fourth-order valence-corrected chi connectivity index (χ4v) is 3.65. The number of furan rings is 1. The summed E-state index contributed by atoms with van der Waals surface area (Å²) in [5.74, 6) is 1.68. The molecule has 148 valence electrons. The Bertz CT molecular complexity index is 1190. The van der Waals surface area contributed by atoms with E-state index >= 15 is 0 Å². The Hall–Kier alpha value is -3.18. The van der Waals surface area contributed by atoms with Crippen molar-refractivity contribution in [3.63, 3.8) is 0 Å². The number of quaternary nitrogens is 1. The third-order valence-corrected chi connectivity index (χ3v) is 5.51. The lowest BCUT2D eigenvalue weighted by atomic mass is 10.1. The second kappa shape index (κ2) is 8.05. The van der Waals surface area contributed by atoms with Gasteiger partial charge in [-0.05, 0) is 61.4 Å². The Labute approximate surface area is 170 Å². The molecule has 0 saturated carbocycles. The molecular weight excluding hydrogens is 362 g/mol. The van der Waals surface area contributed by atoms with Crippen molar-refractivity contribution in [1.82, 2.24) is 9.55 Å². The van der Waals surface area contributed by atoms with E-state index in [1.54, 1.807) is 10.8 Å². The molecule has 4 aromatic rings. The number of nitrogens with two attached hydrogens (primary N) is 1. The van der Waals surface area contributed by atoms with E-state index in [1.807, 2.05) is 42.5 Å². The zero-order valence-corrected chi connectivity index (χ0v) is 17.1. The van der Waals surface area contributed by atoms with Gasteiger partial charge in [-0.3, -0.25) is 9.36 Å². The summed E-state index contributed by atoms with van der Waals surface area (Å²) in [6, 6.07) is 17.6. The average molecular weight is 388 g/mol. The van der Waals surface area contributed by atoms with E-state index in [2.05, 4.69) is 38.2 Å². The van der Waals surface area contributed by atoms with Gasteiger partial charge in [0.15, 0.2) is 11.6 Å². The van der Waals surface area contributed by atoms with E-state index < -0.39 is 0 Å². The van der Waals surface area contributed by atoms with Crippen LogP contribution in [0.4, 0.5) is 0 Å². The van der Waals surface area contributed by atoms with Gasteiger partial charge in [-0.25, -0.2) is 4.98 Å². The summed E-state index contributed by atoms with van der Waals surface area (Å²) in [5.41, 5.74) is 3.92. The molecule has 0 fully saturated rings. The number of nitrogens with zero attached hydrogens (tertiary/aromatic N) is 2. The predicted molar refractivity (Wildman–Crippen MR) is 114 cm³/mol. The molecule has 0 aliphatic carbocycles. The highest BCUT2D eigenvalue weighted by atomic mass is 16.3. The van der Waals surface area contributed by atoms with Gasteiger partial charge >= 0.3 is 0 Å². The molecule has 0 aliphatic heterocycles. The van der Waals surface area contributed by atoms with Gasteiger partial charge in [0.05, 0.1) is 22.9 Å². The Morgan fingerprint density at radius 3 is 2.62 bits per heavy atom. The molecule has 2 aromatic heterocycles. The molecule has 4 rings (SSSR count). The molecule has 0 radical (unpaired) electrons. The van der Waals surface area contributed by atoms with Gasteiger partial charge in [-0.15, -0.1) is 0 Å². The lowest BCUT2D eigenvalue weighted by Gasteiger charge is -2.19. The van der Waals surface area contributed by atoms with Gasteiger partial charge in [-0.1, -0.05) is 25.1 Å². The van der Waals surface area contributed by atoms with Crippen LogP contribution in [0.25, 0.3) is 16.6 Å². The van der Waals surface area contributed by atoms with Crippen LogP contribution >= 0.6 is 0 Å². The Kier molecular flexibility index (Phi) is 5.32. The van der Waals surface area contributed by atoms with Gasteiger partial charge in [0.1, 0.15) is 12.6 Å². The highest BCUT2D eigenvalue weighted by Gasteiger charge is 2.23. The zero-order chi connectivity index (χ0) is 20.4. The lowest BCUT2D eigenvalue weighted by Crippen LogP contribution is -2.84. The number of hydrogen-bond donors (Lipinski definition) is 1. The van der Waals surface area contributed by atoms with Gasteiger partial charge in [0.25, 0.3) is 5.56 Å². The van der Waals surface area contributed by atoms with Crippen LogP contribution in [0.15, 0.2) is 70.1 Å². The number of hydrogen-bond acceptors (Lipinski definition) is 3. The normalized spacial score (nSPS) is 12.4. The monoisotopic (exact) mass is 388 g/mol. The first-order valence-electron chi connectivity index (χ1n) is 10.0. The number of aromatic nitrogens is 2. The molecule has 0 saturated heterocycles. The molecule has 2 N–H and O–H groups in total. The summed E-state index contributed by atoms with van der Waals surface area (Å²) < 4.78 is 7.26. The van der Waals surface area contributed by atoms with E-state index in [4.69, 9.17) is 9.40 Å². The molecule has 0 spiro atoms. The number of aryl methyl sites for hydroxylation is 2. The summed E-state index contributed by atoms with van der Waals surface area (Å²) in [5, 5.41) is 2.82. The molecule has 5 heteroatoms. The minimum absolute atomic E-state index is 0.0269. The molecule has 5 nitrogen and oxygen atoms in total. The smallest absolute Gasteiger partial charge is 0.266 e. The summed E-state index contributed by atoms with van der Waals surface area (Å²) in [4.78, 5) is 18.4. The van der Waals surface area contributed by atoms with E-state index in [9.17, 15) is 4.79 Å². The molecule has 2 aromatic carbocycles. The van der Waals surface area contributed by atoms with E-state index in [-0.39, 0.29) is 11.6 Å². The maximum Gasteiger partial charge on any atom is 0.266 e. The molecule has 0 aliphatic rings. The Morgan fingerprint density at radius 2 is 1.90 bits per heavy atom. The second-order valence-corrected chi connectivity index (χ2v) is 7.43. The largest absolute Gasteiger partial charge is 0.463 e. The van der Waals surface area contributed by atoms with Crippen molar-refractivity contribution in [3.05, 3.63) is 93.9 Å². The molecular formula is C24H26N3O2+. The minimum Gasteiger partial charge on any atom is -0.463 e. The summed E-state index contributed by atoms with van der Waals surface area (Å²) in [6.07, 6.45) is 2.53. The van der Waals surface area contributed by atoms with Crippen LogP contribution in [-0.4, -0.2) is 9.55 Å². The topological polar surface area (TPSA) is 64.6 Å². The van der Waals surface area contributed by atoms with Crippen LogP contribution in [0.3, 0.4) is 0 Å². The number of fused-ring (bicyclic) bond motifs is 1. The van der Waals surface area contributed by atoms with Crippen molar-refractivity contribution < 1.29 is 9.73 Å². The fourth-order valence-electron chi connectivity index (χ4n) is 3.65. The highest BCUT2D eigenvalue weighted by Crippen LogP contribution is 2.20. The molecule has 2 heterocycles. The summed E-state index contributed by atoms with van der Waals surface area (Å²) >= 11 is 0.